The average Bonchev–Trinajstić information content (AvgIpc) is 2.38. The van der Waals surface area contributed by atoms with Crippen molar-refractivity contribution in [3.05, 3.63) is 23.9 Å². The summed E-state index contributed by atoms with van der Waals surface area (Å²) in [5.74, 6) is -0.402. The van der Waals surface area contributed by atoms with Crippen molar-refractivity contribution < 1.29 is 18.0 Å². The van der Waals surface area contributed by atoms with E-state index in [1.165, 1.54) is 23.2 Å². The van der Waals surface area contributed by atoms with Gasteiger partial charge >= 0.3 is 5.51 Å². The van der Waals surface area contributed by atoms with E-state index in [0.717, 1.165) is 0 Å². The summed E-state index contributed by atoms with van der Waals surface area (Å²) in [6.07, 6.45) is 1.25. The van der Waals surface area contributed by atoms with E-state index in [-0.39, 0.29) is 22.4 Å². The topological polar surface area (TPSA) is 45.2 Å². The second kappa shape index (κ2) is 5.79. The average molecular weight is 291 g/mol. The normalized spacial score (nSPS) is 16.5. The molecule has 1 aromatic rings. The number of carbonyl (C=O) groups excluding carboxylic acids is 1. The fourth-order valence-corrected chi connectivity index (χ4v) is 2.38. The van der Waals surface area contributed by atoms with Crippen molar-refractivity contribution in [2.75, 3.05) is 26.2 Å². The molecule has 0 spiro atoms. The number of rotatable bonds is 2. The van der Waals surface area contributed by atoms with Gasteiger partial charge in [0.15, 0.2) is 0 Å². The van der Waals surface area contributed by atoms with Crippen molar-refractivity contribution in [1.82, 2.24) is 15.2 Å². The van der Waals surface area contributed by atoms with E-state index >= 15 is 0 Å². The summed E-state index contributed by atoms with van der Waals surface area (Å²) >= 11 is -0.355. The molecule has 0 radical (unpaired) electrons. The monoisotopic (exact) mass is 291 g/mol. The molecule has 1 N–H and O–H groups in total. The van der Waals surface area contributed by atoms with E-state index in [1.54, 1.807) is 0 Å². The minimum atomic E-state index is -4.45. The maximum absolute atomic E-state index is 12.4. The third kappa shape index (κ3) is 3.84. The predicted octanol–water partition coefficient (Wildman–Crippen LogP) is 1.74. The zero-order valence-corrected chi connectivity index (χ0v) is 10.7. The predicted molar refractivity (Wildman–Crippen MR) is 64.9 cm³/mol. The van der Waals surface area contributed by atoms with Gasteiger partial charge in [-0.1, -0.05) is 0 Å². The van der Waals surface area contributed by atoms with Crippen LogP contribution in [0.4, 0.5) is 13.2 Å². The second-order valence-corrected chi connectivity index (χ2v) is 5.00. The van der Waals surface area contributed by atoms with Crippen molar-refractivity contribution in [2.24, 2.45) is 0 Å². The van der Waals surface area contributed by atoms with Crippen molar-refractivity contribution in [3.8, 4) is 0 Å². The number of amides is 1. The van der Waals surface area contributed by atoms with Gasteiger partial charge < -0.3 is 10.2 Å². The van der Waals surface area contributed by atoms with Gasteiger partial charge in [0.25, 0.3) is 5.91 Å². The quantitative estimate of drug-likeness (QED) is 0.843. The van der Waals surface area contributed by atoms with Crippen LogP contribution in [-0.2, 0) is 0 Å². The maximum atomic E-state index is 12.4. The van der Waals surface area contributed by atoms with E-state index in [4.69, 9.17) is 0 Å². The Balaban J connectivity index is 2.21. The molecule has 104 valence electrons. The van der Waals surface area contributed by atoms with Crippen LogP contribution in [0, 0.1) is 0 Å². The van der Waals surface area contributed by atoms with E-state index in [9.17, 15) is 18.0 Å². The van der Waals surface area contributed by atoms with Crippen molar-refractivity contribution in [1.29, 1.82) is 0 Å². The molecule has 0 saturated carbocycles. The van der Waals surface area contributed by atoms with Gasteiger partial charge in [-0.3, -0.25) is 4.79 Å². The zero-order valence-electron chi connectivity index (χ0n) is 9.91. The van der Waals surface area contributed by atoms with Crippen LogP contribution >= 0.6 is 11.8 Å². The Morgan fingerprint density at radius 2 is 2.05 bits per heavy atom. The van der Waals surface area contributed by atoms with Gasteiger partial charge in [-0.05, 0) is 12.1 Å². The summed E-state index contributed by atoms with van der Waals surface area (Å²) in [5.41, 5.74) is -4.45. The van der Waals surface area contributed by atoms with Crippen LogP contribution < -0.4 is 5.32 Å². The molecular formula is C11H12F3N3OS. The molecule has 0 atom stereocenters. The lowest BCUT2D eigenvalue weighted by Crippen LogP contribution is -2.46. The highest BCUT2D eigenvalue weighted by molar-refractivity contribution is 8.00. The molecule has 19 heavy (non-hydrogen) atoms. The van der Waals surface area contributed by atoms with Crippen molar-refractivity contribution >= 4 is 17.7 Å². The van der Waals surface area contributed by atoms with Crippen LogP contribution in [-0.4, -0.2) is 47.5 Å². The van der Waals surface area contributed by atoms with Crippen LogP contribution in [0.3, 0.4) is 0 Å². The van der Waals surface area contributed by atoms with Gasteiger partial charge in [0.05, 0.1) is 5.56 Å². The molecule has 0 unspecified atom stereocenters. The van der Waals surface area contributed by atoms with Gasteiger partial charge in [0, 0.05) is 44.1 Å². The van der Waals surface area contributed by atoms with Crippen LogP contribution in [0.5, 0.6) is 0 Å². The smallest absolute Gasteiger partial charge is 0.336 e. The molecule has 4 nitrogen and oxygen atoms in total. The standard InChI is InChI=1S/C11H12F3N3OS/c12-11(13,14)19-9-8(2-1-3-16-9)10(18)17-6-4-15-5-7-17/h1-3,15H,4-7H2. The Kier molecular flexibility index (Phi) is 4.31. The summed E-state index contributed by atoms with van der Waals surface area (Å²) in [7, 11) is 0. The number of nitrogens with one attached hydrogen (secondary N) is 1. The summed E-state index contributed by atoms with van der Waals surface area (Å²) in [6.45, 7) is 2.27. The molecule has 1 amide bonds. The molecule has 2 rings (SSSR count). The fourth-order valence-electron chi connectivity index (χ4n) is 1.78. The third-order valence-corrected chi connectivity index (χ3v) is 3.37. The lowest BCUT2D eigenvalue weighted by molar-refractivity contribution is -0.0329. The number of piperazine rings is 1. The van der Waals surface area contributed by atoms with Gasteiger partial charge in [0.2, 0.25) is 0 Å². The summed E-state index contributed by atoms with van der Waals surface area (Å²) < 4.78 is 37.2. The highest BCUT2D eigenvalue weighted by atomic mass is 32.2. The first-order valence-electron chi connectivity index (χ1n) is 5.68. The third-order valence-electron chi connectivity index (χ3n) is 2.62. The Bertz CT molecular complexity index is 461. The Labute approximate surface area is 112 Å². The van der Waals surface area contributed by atoms with Gasteiger partial charge in [-0.25, -0.2) is 4.98 Å². The van der Waals surface area contributed by atoms with Crippen LogP contribution in [0.1, 0.15) is 10.4 Å². The molecular weight excluding hydrogens is 279 g/mol. The van der Waals surface area contributed by atoms with Crippen LogP contribution in [0.2, 0.25) is 0 Å². The van der Waals surface area contributed by atoms with Crippen molar-refractivity contribution in [2.45, 2.75) is 10.5 Å². The summed E-state index contributed by atoms with van der Waals surface area (Å²) in [4.78, 5) is 17.4. The number of hydrogen-bond acceptors (Lipinski definition) is 4. The number of aromatic nitrogens is 1. The molecule has 0 aromatic carbocycles. The number of carbonyl (C=O) groups is 1. The van der Waals surface area contributed by atoms with Crippen molar-refractivity contribution in [3.63, 3.8) is 0 Å². The molecule has 1 aliphatic heterocycles. The minimum absolute atomic E-state index is 0.00623. The SMILES string of the molecule is O=C(c1cccnc1SC(F)(F)F)N1CCNCC1. The number of thioether (sulfide) groups is 1. The highest BCUT2D eigenvalue weighted by Gasteiger charge is 2.33. The number of pyridine rings is 1. The Morgan fingerprint density at radius 1 is 1.37 bits per heavy atom. The lowest BCUT2D eigenvalue weighted by Gasteiger charge is -2.27. The highest BCUT2D eigenvalue weighted by Crippen LogP contribution is 2.37. The first kappa shape index (κ1) is 14.1. The lowest BCUT2D eigenvalue weighted by atomic mass is 10.2. The van der Waals surface area contributed by atoms with Gasteiger partial charge in [-0.2, -0.15) is 13.2 Å². The maximum Gasteiger partial charge on any atom is 0.447 e. The van der Waals surface area contributed by atoms with Crippen LogP contribution in [0.25, 0.3) is 0 Å². The van der Waals surface area contributed by atoms with E-state index < -0.39 is 11.4 Å². The number of halogens is 3. The Morgan fingerprint density at radius 3 is 2.68 bits per heavy atom. The molecule has 1 saturated heterocycles. The Hall–Kier alpha value is -1.28. The zero-order chi connectivity index (χ0) is 13.9. The number of hydrogen-bond donors (Lipinski definition) is 1. The molecule has 0 aliphatic carbocycles. The molecule has 2 heterocycles. The number of alkyl halides is 3. The molecule has 8 heteroatoms. The molecule has 1 aliphatic rings. The second-order valence-electron chi connectivity index (χ2n) is 3.95. The largest absolute Gasteiger partial charge is 0.447 e. The summed E-state index contributed by atoms with van der Waals surface area (Å²) in [6, 6.07) is 2.85. The first-order valence-corrected chi connectivity index (χ1v) is 6.50. The fraction of sp³-hybridized carbons (Fsp3) is 0.455. The van der Waals surface area contributed by atoms with Gasteiger partial charge in [0.1, 0.15) is 5.03 Å². The number of nitrogens with zero attached hydrogens (tertiary/aromatic N) is 2. The van der Waals surface area contributed by atoms with E-state index in [2.05, 4.69) is 10.3 Å². The molecule has 1 fully saturated rings. The summed E-state index contributed by atoms with van der Waals surface area (Å²) in [5, 5.41) is 2.79. The van der Waals surface area contributed by atoms with Crippen LogP contribution in [0.15, 0.2) is 23.4 Å². The first-order chi connectivity index (χ1) is 8.97. The van der Waals surface area contributed by atoms with E-state index in [0.29, 0.717) is 26.2 Å². The van der Waals surface area contributed by atoms with E-state index in [1.807, 2.05) is 0 Å². The van der Waals surface area contributed by atoms with Gasteiger partial charge in [-0.15, -0.1) is 0 Å². The molecule has 1 aromatic heterocycles. The molecule has 0 bridgehead atoms. The minimum Gasteiger partial charge on any atom is -0.336 e.